The van der Waals surface area contributed by atoms with Crippen LogP contribution in [0.3, 0.4) is 0 Å². The van der Waals surface area contributed by atoms with Crippen molar-refractivity contribution in [3.05, 3.63) is 24.3 Å². The highest BCUT2D eigenvalue weighted by Crippen LogP contribution is 2.49. The monoisotopic (exact) mass is 424 g/mol. The van der Waals surface area contributed by atoms with Gasteiger partial charge in [0.1, 0.15) is 0 Å². The van der Waals surface area contributed by atoms with E-state index >= 15 is 0 Å². The van der Waals surface area contributed by atoms with Crippen molar-refractivity contribution >= 4 is 18.6 Å². The Labute approximate surface area is 182 Å². The van der Waals surface area contributed by atoms with Crippen molar-refractivity contribution in [3.63, 3.8) is 0 Å². The van der Waals surface area contributed by atoms with E-state index in [-0.39, 0.29) is 28.5 Å². The number of carbonyl (C=O) groups is 1. The van der Waals surface area contributed by atoms with Gasteiger partial charge in [-0.05, 0) is 56.3 Å². The van der Waals surface area contributed by atoms with E-state index in [1.807, 2.05) is 6.08 Å². The molecule has 0 unspecified atom stereocenters. The number of esters is 1. The van der Waals surface area contributed by atoms with Crippen molar-refractivity contribution in [1.82, 2.24) is 0 Å². The first-order valence-corrected chi connectivity index (χ1v) is 11.9. The van der Waals surface area contributed by atoms with Gasteiger partial charge in [0, 0.05) is 17.6 Å². The molecule has 2 fully saturated rings. The zero-order valence-corrected chi connectivity index (χ0v) is 19.0. The van der Waals surface area contributed by atoms with Crippen molar-refractivity contribution in [1.29, 1.82) is 0 Å². The number of rotatable bonds is 12. The first-order valence-electron chi connectivity index (χ1n) is 11.4. The summed E-state index contributed by atoms with van der Waals surface area (Å²) < 4.78 is 4.65. The summed E-state index contributed by atoms with van der Waals surface area (Å²) in [6.07, 6.45) is 17.9. The lowest BCUT2D eigenvalue weighted by Gasteiger charge is -2.45. The maximum atomic E-state index is 11.1. The highest BCUT2D eigenvalue weighted by molar-refractivity contribution is 7.81. The average molecular weight is 425 g/mol. The lowest BCUT2D eigenvalue weighted by molar-refractivity contribution is -0.140. The number of unbranched alkanes of at least 4 members (excludes halogenated alkanes) is 2. The van der Waals surface area contributed by atoms with Crippen molar-refractivity contribution in [3.8, 4) is 0 Å². The molecular formula is C24H40O4S. The van der Waals surface area contributed by atoms with E-state index in [1.165, 1.54) is 20.0 Å². The Morgan fingerprint density at radius 2 is 2.07 bits per heavy atom. The van der Waals surface area contributed by atoms with Crippen LogP contribution in [0.15, 0.2) is 24.3 Å². The lowest BCUT2D eigenvalue weighted by Crippen LogP contribution is -2.40. The van der Waals surface area contributed by atoms with Gasteiger partial charge in [0.05, 0.1) is 19.3 Å². The van der Waals surface area contributed by atoms with Gasteiger partial charge < -0.3 is 14.9 Å². The van der Waals surface area contributed by atoms with Crippen LogP contribution in [0.5, 0.6) is 0 Å². The summed E-state index contributed by atoms with van der Waals surface area (Å²) in [6, 6.07) is 0. The Kier molecular flexibility index (Phi) is 10.3. The molecule has 2 N–H and O–H groups in total. The van der Waals surface area contributed by atoms with E-state index in [2.05, 4.69) is 29.9 Å². The molecule has 0 heterocycles. The highest BCUT2D eigenvalue weighted by atomic mass is 32.1. The van der Waals surface area contributed by atoms with Crippen LogP contribution in [0, 0.1) is 17.3 Å². The second-order valence-corrected chi connectivity index (χ2v) is 9.60. The van der Waals surface area contributed by atoms with E-state index in [4.69, 9.17) is 12.6 Å². The molecule has 166 valence electrons. The molecular weight excluding hydrogens is 384 g/mol. The third-order valence-corrected chi connectivity index (χ3v) is 7.58. The summed E-state index contributed by atoms with van der Waals surface area (Å²) >= 11 is 4.71. The van der Waals surface area contributed by atoms with Gasteiger partial charge in [0.2, 0.25) is 0 Å². The first kappa shape index (κ1) is 24.5. The quantitative estimate of drug-likeness (QED) is 0.181. The number of methoxy groups -OCH3 is 1. The minimum absolute atomic E-state index is 0.0372. The smallest absolute Gasteiger partial charge is 0.305 e. The minimum atomic E-state index is -0.413. The van der Waals surface area contributed by atoms with Gasteiger partial charge in [-0.3, -0.25) is 4.79 Å². The summed E-state index contributed by atoms with van der Waals surface area (Å²) in [4.78, 5) is 11.1. The van der Waals surface area contributed by atoms with E-state index in [9.17, 15) is 15.0 Å². The molecule has 0 saturated heterocycles. The van der Waals surface area contributed by atoms with Gasteiger partial charge in [-0.15, -0.1) is 0 Å². The lowest BCUT2D eigenvalue weighted by atomic mass is 9.62. The zero-order chi connectivity index (χ0) is 21.3. The Hall–Kier alpha value is -0.780. The summed E-state index contributed by atoms with van der Waals surface area (Å²) in [7, 11) is 1.41. The van der Waals surface area contributed by atoms with Gasteiger partial charge in [0.25, 0.3) is 0 Å². The summed E-state index contributed by atoms with van der Waals surface area (Å²) in [6.45, 7) is 2.20. The maximum Gasteiger partial charge on any atom is 0.305 e. The van der Waals surface area contributed by atoms with Crippen LogP contribution in [0.2, 0.25) is 0 Å². The SMILES string of the molecule is CCCCC1([C@H](O)/C=C/[C@@H]2[C@@H](C/C=C\CCCC(=O)OC)[C@@H](S)C[C@H]2O)CCC1. The van der Waals surface area contributed by atoms with Crippen molar-refractivity contribution in [2.45, 2.75) is 95.0 Å². The maximum absolute atomic E-state index is 11.1. The molecule has 0 spiro atoms. The molecule has 0 aromatic rings. The summed E-state index contributed by atoms with van der Waals surface area (Å²) in [5.41, 5.74) is 0.0610. The number of aliphatic hydroxyl groups excluding tert-OH is 2. The number of allylic oxidation sites excluding steroid dienone is 2. The molecule has 5 atom stereocenters. The van der Waals surface area contributed by atoms with E-state index in [0.29, 0.717) is 12.8 Å². The molecule has 2 aliphatic rings. The molecule has 2 rings (SSSR count). The normalized spacial score (nSPS) is 30.0. The molecule has 0 bridgehead atoms. The molecule has 29 heavy (non-hydrogen) atoms. The molecule has 0 radical (unpaired) electrons. The number of ether oxygens (including phenoxy) is 1. The van der Waals surface area contributed by atoms with Gasteiger partial charge in [-0.1, -0.05) is 50.5 Å². The van der Waals surface area contributed by atoms with Crippen LogP contribution >= 0.6 is 12.6 Å². The van der Waals surface area contributed by atoms with Gasteiger partial charge in [-0.2, -0.15) is 12.6 Å². The number of hydrogen-bond acceptors (Lipinski definition) is 5. The van der Waals surface area contributed by atoms with Crippen molar-refractivity contribution < 1.29 is 19.7 Å². The molecule has 0 aromatic carbocycles. The Balaban J connectivity index is 1.88. The molecule has 5 heteroatoms. The molecule has 0 amide bonds. The van der Waals surface area contributed by atoms with Crippen molar-refractivity contribution in [2.75, 3.05) is 7.11 Å². The van der Waals surface area contributed by atoms with Crippen LogP contribution in [0.4, 0.5) is 0 Å². The first-order chi connectivity index (χ1) is 13.9. The average Bonchev–Trinajstić information content (AvgIpc) is 2.94. The summed E-state index contributed by atoms with van der Waals surface area (Å²) in [5, 5.41) is 21.5. The zero-order valence-electron chi connectivity index (χ0n) is 18.1. The van der Waals surface area contributed by atoms with Gasteiger partial charge in [0.15, 0.2) is 0 Å². The number of aliphatic hydroxyl groups is 2. The van der Waals surface area contributed by atoms with Crippen LogP contribution in [0.25, 0.3) is 0 Å². The van der Waals surface area contributed by atoms with Crippen LogP contribution in [0.1, 0.15) is 77.6 Å². The Bertz CT molecular complexity index is 555. The molecule has 2 saturated carbocycles. The predicted octanol–water partition coefficient (Wildman–Crippen LogP) is 4.85. The highest BCUT2D eigenvalue weighted by Gasteiger charge is 2.43. The fourth-order valence-electron chi connectivity index (χ4n) is 4.83. The third kappa shape index (κ3) is 6.86. The van der Waals surface area contributed by atoms with Gasteiger partial charge in [-0.25, -0.2) is 0 Å². The fourth-order valence-corrected chi connectivity index (χ4v) is 5.37. The predicted molar refractivity (Wildman–Crippen MR) is 121 cm³/mol. The van der Waals surface area contributed by atoms with Gasteiger partial charge >= 0.3 is 5.97 Å². The number of thiol groups is 1. The minimum Gasteiger partial charge on any atom is -0.469 e. The fraction of sp³-hybridized carbons (Fsp3) is 0.792. The number of carbonyl (C=O) groups excluding carboxylic acids is 1. The largest absolute Gasteiger partial charge is 0.469 e. The standard InChI is InChI=1S/C24H40O4S/c1-3-4-14-24(15-9-16-24)22(26)13-12-18-19(21(29)17-20(18)25)10-7-5-6-8-11-23(27)28-2/h5,7,12-13,18-22,25-26,29H,3-4,6,8-11,14-17H2,1-2H3/b7-5-,13-12+/t18-,19-,20-,21+,22-/m1/s1. The van der Waals surface area contributed by atoms with Crippen LogP contribution < -0.4 is 0 Å². The van der Waals surface area contributed by atoms with Crippen LogP contribution in [-0.2, 0) is 9.53 Å². The third-order valence-electron chi connectivity index (χ3n) is 6.99. The van der Waals surface area contributed by atoms with E-state index < -0.39 is 12.2 Å². The van der Waals surface area contributed by atoms with E-state index in [1.54, 1.807) is 0 Å². The Morgan fingerprint density at radius 3 is 2.69 bits per heavy atom. The van der Waals surface area contributed by atoms with E-state index in [0.717, 1.165) is 44.9 Å². The molecule has 2 aliphatic carbocycles. The van der Waals surface area contributed by atoms with Crippen molar-refractivity contribution in [2.24, 2.45) is 17.3 Å². The molecule has 0 aromatic heterocycles. The summed E-state index contributed by atoms with van der Waals surface area (Å²) in [5.74, 6) is 0.136. The second-order valence-electron chi connectivity index (χ2n) is 8.94. The molecule has 0 aliphatic heterocycles. The second kappa shape index (κ2) is 12.2. The van der Waals surface area contributed by atoms with Crippen LogP contribution in [-0.4, -0.2) is 40.8 Å². The Morgan fingerprint density at radius 1 is 1.31 bits per heavy atom. The number of hydrogen-bond donors (Lipinski definition) is 3. The molecule has 4 nitrogen and oxygen atoms in total. The topological polar surface area (TPSA) is 66.8 Å².